The van der Waals surface area contributed by atoms with Crippen LogP contribution >= 0.6 is 12.2 Å². The summed E-state index contributed by atoms with van der Waals surface area (Å²) in [7, 11) is 0. The number of hydrogen-bond acceptors (Lipinski definition) is 4. The van der Waals surface area contributed by atoms with Gasteiger partial charge in [-0.05, 0) is 55.4 Å². The third-order valence-electron chi connectivity index (χ3n) is 5.41. The molecule has 2 heterocycles. The molecular weight excluding hydrogens is 354 g/mol. The molecule has 3 aromatic rings. The van der Waals surface area contributed by atoms with Crippen molar-refractivity contribution in [3.8, 4) is 5.69 Å². The van der Waals surface area contributed by atoms with Crippen molar-refractivity contribution in [3.05, 3.63) is 70.3 Å². The van der Waals surface area contributed by atoms with Crippen LogP contribution in [0.3, 0.4) is 0 Å². The van der Waals surface area contributed by atoms with E-state index in [2.05, 4.69) is 64.2 Å². The zero-order valence-electron chi connectivity index (χ0n) is 15.9. The maximum atomic E-state index is 5.45. The SMILES string of the molecule is Cc1cccc(N2CCN(Cc3n[nH]c(=S)n3-c3ccccc3)CC2)c1C. The number of piperazine rings is 1. The summed E-state index contributed by atoms with van der Waals surface area (Å²) in [4.78, 5) is 4.94. The third kappa shape index (κ3) is 3.68. The molecule has 1 aliphatic rings. The largest absolute Gasteiger partial charge is 0.369 e. The molecule has 5 nitrogen and oxygen atoms in total. The van der Waals surface area contributed by atoms with Crippen LogP contribution in [0.1, 0.15) is 17.0 Å². The average molecular weight is 380 g/mol. The van der Waals surface area contributed by atoms with Crippen molar-refractivity contribution in [2.24, 2.45) is 0 Å². The maximum Gasteiger partial charge on any atom is 0.199 e. The fraction of sp³-hybridized carbons (Fsp3) is 0.333. The highest BCUT2D eigenvalue weighted by atomic mass is 32.1. The molecule has 0 spiro atoms. The van der Waals surface area contributed by atoms with E-state index in [0.29, 0.717) is 4.77 Å². The van der Waals surface area contributed by atoms with E-state index in [0.717, 1.165) is 44.2 Å². The molecule has 0 saturated carbocycles. The molecule has 1 saturated heterocycles. The number of para-hydroxylation sites is 1. The van der Waals surface area contributed by atoms with Crippen LogP contribution < -0.4 is 4.90 Å². The van der Waals surface area contributed by atoms with E-state index in [-0.39, 0.29) is 0 Å². The van der Waals surface area contributed by atoms with Gasteiger partial charge in [0.15, 0.2) is 4.77 Å². The van der Waals surface area contributed by atoms with Crippen molar-refractivity contribution in [1.82, 2.24) is 19.7 Å². The number of aromatic nitrogens is 3. The van der Waals surface area contributed by atoms with Gasteiger partial charge in [0.2, 0.25) is 0 Å². The lowest BCUT2D eigenvalue weighted by molar-refractivity contribution is 0.242. The second-order valence-electron chi connectivity index (χ2n) is 7.10. The first-order valence-corrected chi connectivity index (χ1v) is 9.79. The number of nitrogens with zero attached hydrogens (tertiary/aromatic N) is 4. The molecule has 2 aromatic carbocycles. The molecule has 0 radical (unpaired) electrons. The summed E-state index contributed by atoms with van der Waals surface area (Å²) < 4.78 is 2.68. The van der Waals surface area contributed by atoms with Gasteiger partial charge in [0.25, 0.3) is 0 Å². The standard InChI is InChI=1S/C21H25N5S/c1-16-7-6-10-19(17(16)2)25-13-11-24(12-14-25)15-20-22-23-21(27)26(20)18-8-4-3-5-9-18/h3-10H,11-15H2,1-2H3,(H,23,27). The van der Waals surface area contributed by atoms with Gasteiger partial charge >= 0.3 is 0 Å². The van der Waals surface area contributed by atoms with Gasteiger partial charge < -0.3 is 4.90 Å². The summed E-state index contributed by atoms with van der Waals surface area (Å²) in [6.45, 7) is 9.28. The average Bonchev–Trinajstić information content (AvgIpc) is 3.05. The molecule has 4 rings (SSSR count). The summed E-state index contributed by atoms with van der Waals surface area (Å²) in [6, 6.07) is 16.8. The minimum absolute atomic E-state index is 0.644. The number of aryl methyl sites for hydroxylation is 1. The number of aromatic amines is 1. The molecule has 1 aromatic heterocycles. The molecule has 1 N–H and O–H groups in total. The van der Waals surface area contributed by atoms with Crippen LogP contribution in [-0.2, 0) is 6.54 Å². The van der Waals surface area contributed by atoms with Crippen LogP contribution in [0.5, 0.6) is 0 Å². The minimum Gasteiger partial charge on any atom is -0.369 e. The predicted molar refractivity (Wildman–Crippen MR) is 112 cm³/mol. The molecule has 0 amide bonds. The molecular formula is C21H25N5S. The lowest BCUT2D eigenvalue weighted by Crippen LogP contribution is -2.46. The van der Waals surface area contributed by atoms with Crippen LogP contribution in [0.15, 0.2) is 48.5 Å². The van der Waals surface area contributed by atoms with Crippen LogP contribution in [0.4, 0.5) is 5.69 Å². The van der Waals surface area contributed by atoms with Crippen molar-refractivity contribution in [3.63, 3.8) is 0 Å². The van der Waals surface area contributed by atoms with E-state index in [1.807, 2.05) is 22.8 Å². The Morgan fingerprint density at radius 2 is 1.70 bits per heavy atom. The highest BCUT2D eigenvalue weighted by Crippen LogP contribution is 2.24. The predicted octanol–water partition coefficient (Wildman–Crippen LogP) is 3.87. The summed E-state index contributed by atoms with van der Waals surface area (Å²) in [5.74, 6) is 0.964. The summed E-state index contributed by atoms with van der Waals surface area (Å²) in [6.07, 6.45) is 0. The summed E-state index contributed by atoms with van der Waals surface area (Å²) in [5, 5.41) is 7.43. The monoisotopic (exact) mass is 379 g/mol. The Morgan fingerprint density at radius 3 is 2.44 bits per heavy atom. The summed E-state index contributed by atoms with van der Waals surface area (Å²) >= 11 is 5.45. The Balaban J connectivity index is 1.46. The van der Waals surface area contributed by atoms with Gasteiger partial charge in [-0.15, -0.1) is 0 Å². The number of hydrogen-bond donors (Lipinski definition) is 1. The smallest absolute Gasteiger partial charge is 0.199 e. The third-order valence-corrected chi connectivity index (χ3v) is 5.68. The van der Waals surface area contributed by atoms with E-state index >= 15 is 0 Å². The Hall–Kier alpha value is -2.44. The Labute approximate surface area is 165 Å². The van der Waals surface area contributed by atoms with Gasteiger partial charge in [-0.2, -0.15) is 5.10 Å². The van der Waals surface area contributed by atoms with Crippen molar-refractivity contribution in [2.75, 3.05) is 31.1 Å². The molecule has 0 aliphatic carbocycles. The minimum atomic E-state index is 0.644. The van der Waals surface area contributed by atoms with Crippen molar-refractivity contribution in [1.29, 1.82) is 0 Å². The van der Waals surface area contributed by atoms with Crippen LogP contribution in [0.25, 0.3) is 5.69 Å². The zero-order chi connectivity index (χ0) is 18.8. The Bertz CT molecular complexity index is 968. The van der Waals surface area contributed by atoms with Crippen molar-refractivity contribution in [2.45, 2.75) is 20.4 Å². The first kappa shape index (κ1) is 17.9. The maximum absolute atomic E-state index is 5.45. The quantitative estimate of drug-likeness (QED) is 0.699. The van der Waals surface area contributed by atoms with E-state index in [1.165, 1.54) is 16.8 Å². The summed E-state index contributed by atoms with van der Waals surface area (Å²) in [5.41, 5.74) is 5.16. The molecule has 6 heteroatoms. The second kappa shape index (κ2) is 7.66. The molecule has 0 atom stereocenters. The Morgan fingerprint density at radius 1 is 0.963 bits per heavy atom. The van der Waals surface area contributed by atoms with E-state index in [1.54, 1.807) is 0 Å². The molecule has 140 valence electrons. The number of anilines is 1. The second-order valence-corrected chi connectivity index (χ2v) is 7.48. The molecule has 27 heavy (non-hydrogen) atoms. The molecule has 0 unspecified atom stereocenters. The van der Waals surface area contributed by atoms with Crippen LogP contribution in [0, 0.1) is 18.6 Å². The zero-order valence-corrected chi connectivity index (χ0v) is 16.7. The fourth-order valence-corrected chi connectivity index (χ4v) is 3.96. The highest BCUT2D eigenvalue weighted by molar-refractivity contribution is 7.71. The number of benzene rings is 2. The van der Waals surface area contributed by atoms with E-state index in [9.17, 15) is 0 Å². The number of H-pyrrole nitrogens is 1. The lowest BCUT2D eigenvalue weighted by Gasteiger charge is -2.36. The number of nitrogens with one attached hydrogen (secondary N) is 1. The lowest BCUT2D eigenvalue weighted by atomic mass is 10.1. The fourth-order valence-electron chi connectivity index (χ4n) is 3.70. The molecule has 0 bridgehead atoms. The van der Waals surface area contributed by atoms with Crippen molar-refractivity contribution < 1.29 is 0 Å². The van der Waals surface area contributed by atoms with E-state index < -0.39 is 0 Å². The van der Waals surface area contributed by atoms with Gasteiger partial charge in [0.1, 0.15) is 5.82 Å². The van der Waals surface area contributed by atoms with Gasteiger partial charge in [-0.3, -0.25) is 14.6 Å². The first-order chi connectivity index (χ1) is 13.1. The van der Waals surface area contributed by atoms with Crippen LogP contribution in [0.2, 0.25) is 0 Å². The van der Waals surface area contributed by atoms with Gasteiger partial charge in [-0.1, -0.05) is 30.3 Å². The molecule has 1 fully saturated rings. The number of rotatable bonds is 4. The van der Waals surface area contributed by atoms with Gasteiger partial charge in [-0.25, -0.2) is 0 Å². The van der Waals surface area contributed by atoms with Gasteiger partial charge in [0.05, 0.1) is 6.54 Å². The highest BCUT2D eigenvalue weighted by Gasteiger charge is 2.21. The van der Waals surface area contributed by atoms with Crippen molar-refractivity contribution >= 4 is 17.9 Å². The molecule has 1 aliphatic heterocycles. The Kier molecular flexibility index (Phi) is 5.09. The first-order valence-electron chi connectivity index (χ1n) is 9.39. The van der Waals surface area contributed by atoms with Crippen LogP contribution in [-0.4, -0.2) is 45.8 Å². The topological polar surface area (TPSA) is 40.1 Å². The van der Waals surface area contributed by atoms with Gasteiger partial charge in [0, 0.05) is 37.6 Å². The van der Waals surface area contributed by atoms with E-state index in [4.69, 9.17) is 12.2 Å². The normalized spacial score (nSPS) is 15.3.